The summed E-state index contributed by atoms with van der Waals surface area (Å²) in [6.45, 7) is 4.48. The van der Waals surface area contributed by atoms with Crippen molar-refractivity contribution in [2.75, 3.05) is 6.54 Å². The van der Waals surface area contributed by atoms with Crippen LogP contribution in [0.15, 0.2) is 60.0 Å². The van der Waals surface area contributed by atoms with E-state index in [9.17, 15) is 14.0 Å². The first-order chi connectivity index (χ1) is 15.8. The average molecular weight is 507 g/mol. The quantitative estimate of drug-likeness (QED) is 0.325. The first-order valence-electron chi connectivity index (χ1n) is 10.6. The largest absolute Gasteiger partial charge is 0.332 e. The van der Waals surface area contributed by atoms with Crippen molar-refractivity contribution in [2.45, 2.75) is 39.4 Å². The summed E-state index contributed by atoms with van der Waals surface area (Å²) in [4.78, 5) is 31.0. The fourth-order valence-electron chi connectivity index (χ4n) is 3.37. The van der Waals surface area contributed by atoms with E-state index < -0.39 is 0 Å². The van der Waals surface area contributed by atoms with Crippen LogP contribution in [0, 0.1) is 5.82 Å². The lowest BCUT2D eigenvalue weighted by molar-refractivity contribution is -0.133. The number of amides is 2. The summed E-state index contributed by atoms with van der Waals surface area (Å²) in [5.74, 6) is -0.835. The second-order valence-corrected chi connectivity index (χ2v) is 9.71. The SMILES string of the molecule is CCC(C)N(CC(=O)N(Cc1ccc(F)cc1)Cc1cccs1)C(=O)c1cc(Cl)cc(Cl)c1. The summed E-state index contributed by atoms with van der Waals surface area (Å²) in [5.41, 5.74) is 1.15. The number of hydrogen-bond donors (Lipinski definition) is 0. The normalized spacial score (nSPS) is 11.8. The molecule has 1 unspecified atom stereocenters. The zero-order valence-electron chi connectivity index (χ0n) is 18.4. The lowest BCUT2D eigenvalue weighted by atomic mass is 10.1. The lowest BCUT2D eigenvalue weighted by Gasteiger charge is -2.31. The minimum absolute atomic E-state index is 0.0927. The van der Waals surface area contributed by atoms with Crippen molar-refractivity contribution in [1.82, 2.24) is 9.80 Å². The molecule has 0 bridgehead atoms. The number of carbonyl (C=O) groups is 2. The smallest absolute Gasteiger partial charge is 0.254 e. The van der Waals surface area contributed by atoms with Crippen LogP contribution < -0.4 is 0 Å². The van der Waals surface area contributed by atoms with Gasteiger partial charge in [-0.2, -0.15) is 0 Å². The third-order valence-electron chi connectivity index (χ3n) is 5.37. The topological polar surface area (TPSA) is 40.6 Å². The predicted molar refractivity (Wildman–Crippen MR) is 132 cm³/mol. The molecule has 3 aromatic rings. The second-order valence-electron chi connectivity index (χ2n) is 7.80. The number of benzene rings is 2. The highest BCUT2D eigenvalue weighted by molar-refractivity contribution is 7.09. The van der Waals surface area contributed by atoms with Gasteiger partial charge in [0.2, 0.25) is 5.91 Å². The summed E-state index contributed by atoms with van der Waals surface area (Å²) in [7, 11) is 0. The number of nitrogens with zero attached hydrogens (tertiary/aromatic N) is 2. The van der Waals surface area contributed by atoms with Gasteiger partial charge in [0, 0.05) is 33.1 Å². The van der Waals surface area contributed by atoms with Crippen molar-refractivity contribution in [1.29, 1.82) is 0 Å². The van der Waals surface area contributed by atoms with Crippen LogP contribution in [0.3, 0.4) is 0 Å². The zero-order valence-corrected chi connectivity index (χ0v) is 20.8. The molecule has 0 aliphatic rings. The maximum absolute atomic E-state index is 13.5. The molecule has 174 valence electrons. The van der Waals surface area contributed by atoms with E-state index in [0.717, 1.165) is 10.4 Å². The fraction of sp³-hybridized carbons (Fsp3) is 0.280. The summed E-state index contributed by atoms with van der Waals surface area (Å²) in [6, 6.07) is 14.5. The van der Waals surface area contributed by atoms with Gasteiger partial charge in [-0.3, -0.25) is 9.59 Å². The van der Waals surface area contributed by atoms with Crippen LogP contribution in [-0.4, -0.2) is 34.2 Å². The van der Waals surface area contributed by atoms with E-state index in [4.69, 9.17) is 23.2 Å². The van der Waals surface area contributed by atoms with Crippen LogP contribution in [0.4, 0.5) is 4.39 Å². The van der Waals surface area contributed by atoms with E-state index in [1.54, 1.807) is 51.5 Å². The van der Waals surface area contributed by atoms with Crippen molar-refractivity contribution in [3.8, 4) is 0 Å². The highest BCUT2D eigenvalue weighted by atomic mass is 35.5. The van der Waals surface area contributed by atoms with E-state index in [1.165, 1.54) is 12.1 Å². The van der Waals surface area contributed by atoms with Crippen LogP contribution in [0.5, 0.6) is 0 Å². The van der Waals surface area contributed by atoms with Gasteiger partial charge in [0.25, 0.3) is 5.91 Å². The summed E-state index contributed by atoms with van der Waals surface area (Å²) < 4.78 is 13.4. The molecule has 2 aromatic carbocycles. The molecule has 33 heavy (non-hydrogen) atoms. The molecule has 0 aliphatic heterocycles. The summed E-state index contributed by atoms with van der Waals surface area (Å²) in [6.07, 6.45) is 0.677. The summed E-state index contributed by atoms with van der Waals surface area (Å²) in [5, 5.41) is 2.67. The number of hydrogen-bond acceptors (Lipinski definition) is 3. The average Bonchev–Trinajstić information content (AvgIpc) is 3.30. The molecule has 0 N–H and O–H groups in total. The highest BCUT2D eigenvalue weighted by Gasteiger charge is 2.26. The standard InChI is InChI=1S/C25H25Cl2FN2O2S/c1-3-17(2)30(25(32)19-11-20(26)13-21(27)12-19)16-24(31)29(15-23-5-4-10-33-23)14-18-6-8-22(28)9-7-18/h4-13,17H,3,14-16H2,1-2H3. The van der Waals surface area contributed by atoms with Crippen molar-refractivity contribution in [3.05, 3.63) is 91.8 Å². The van der Waals surface area contributed by atoms with Crippen LogP contribution in [0.2, 0.25) is 10.0 Å². The maximum atomic E-state index is 13.5. The molecule has 2 amide bonds. The molecule has 0 aliphatic carbocycles. The number of thiophene rings is 1. The van der Waals surface area contributed by atoms with Crippen molar-refractivity contribution in [3.63, 3.8) is 0 Å². The molecule has 0 saturated heterocycles. The molecule has 0 spiro atoms. The van der Waals surface area contributed by atoms with E-state index in [0.29, 0.717) is 35.1 Å². The van der Waals surface area contributed by atoms with E-state index in [1.807, 2.05) is 31.4 Å². The van der Waals surface area contributed by atoms with E-state index in [-0.39, 0.29) is 30.2 Å². The van der Waals surface area contributed by atoms with Gasteiger partial charge < -0.3 is 9.80 Å². The third kappa shape index (κ3) is 7.03. The number of carbonyl (C=O) groups excluding carboxylic acids is 2. The number of halogens is 3. The van der Waals surface area contributed by atoms with Gasteiger partial charge in [-0.15, -0.1) is 11.3 Å². The van der Waals surface area contributed by atoms with Crippen LogP contribution in [0.25, 0.3) is 0 Å². The van der Waals surface area contributed by atoms with Crippen LogP contribution in [0.1, 0.15) is 41.1 Å². The Hall–Kier alpha value is -2.41. The van der Waals surface area contributed by atoms with Gasteiger partial charge in [0.15, 0.2) is 0 Å². The summed E-state index contributed by atoms with van der Waals surface area (Å²) >= 11 is 13.7. The van der Waals surface area contributed by atoms with Crippen molar-refractivity contribution in [2.24, 2.45) is 0 Å². The van der Waals surface area contributed by atoms with Crippen molar-refractivity contribution >= 4 is 46.4 Å². The van der Waals surface area contributed by atoms with Crippen LogP contribution in [-0.2, 0) is 17.9 Å². The molecule has 3 rings (SSSR count). The van der Waals surface area contributed by atoms with Crippen LogP contribution >= 0.6 is 34.5 Å². The van der Waals surface area contributed by atoms with Gasteiger partial charge >= 0.3 is 0 Å². The second kappa shape index (κ2) is 11.6. The minimum Gasteiger partial charge on any atom is -0.332 e. The molecule has 1 heterocycles. The maximum Gasteiger partial charge on any atom is 0.254 e. The Morgan fingerprint density at radius 3 is 2.27 bits per heavy atom. The molecule has 1 aromatic heterocycles. The Labute approximate surface area is 207 Å². The van der Waals surface area contributed by atoms with Gasteiger partial charge in [0.05, 0.1) is 6.54 Å². The minimum atomic E-state index is -0.330. The molecular formula is C25H25Cl2FN2O2S. The predicted octanol–water partition coefficient (Wildman–Crippen LogP) is 6.66. The van der Waals surface area contributed by atoms with E-state index >= 15 is 0 Å². The molecule has 4 nitrogen and oxygen atoms in total. The molecule has 0 saturated carbocycles. The Morgan fingerprint density at radius 1 is 1.03 bits per heavy atom. The van der Waals surface area contributed by atoms with Crippen molar-refractivity contribution < 1.29 is 14.0 Å². The first-order valence-corrected chi connectivity index (χ1v) is 12.2. The Bertz CT molecular complexity index is 1070. The molecule has 0 fully saturated rings. The Balaban J connectivity index is 1.85. The fourth-order valence-corrected chi connectivity index (χ4v) is 4.62. The Kier molecular flexibility index (Phi) is 8.89. The molecule has 0 radical (unpaired) electrons. The first kappa shape index (κ1) is 25.2. The van der Waals surface area contributed by atoms with E-state index in [2.05, 4.69) is 0 Å². The van der Waals surface area contributed by atoms with Gasteiger partial charge in [0.1, 0.15) is 12.4 Å². The monoisotopic (exact) mass is 506 g/mol. The highest BCUT2D eigenvalue weighted by Crippen LogP contribution is 2.22. The molecule has 8 heteroatoms. The lowest BCUT2D eigenvalue weighted by Crippen LogP contribution is -2.46. The van der Waals surface area contributed by atoms with Gasteiger partial charge in [-0.25, -0.2) is 4.39 Å². The third-order valence-corrected chi connectivity index (χ3v) is 6.66. The molecular weight excluding hydrogens is 482 g/mol. The zero-order chi connectivity index (χ0) is 24.0. The van der Waals surface area contributed by atoms with Gasteiger partial charge in [-0.1, -0.05) is 48.3 Å². The number of rotatable bonds is 9. The van der Waals surface area contributed by atoms with Gasteiger partial charge in [-0.05, 0) is 60.7 Å². The molecule has 1 atom stereocenters. The Morgan fingerprint density at radius 2 is 1.70 bits per heavy atom.